The first kappa shape index (κ1) is 22.0. The zero-order chi connectivity index (χ0) is 21.5. The van der Waals surface area contributed by atoms with E-state index in [1.165, 1.54) is 0 Å². The van der Waals surface area contributed by atoms with Crippen molar-refractivity contribution in [3.63, 3.8) is 0 Å². The summed E-state index contributed by atoms with van der Waals surface area (Å²) in [5, 5.41) is 7.75. The van der Waals surface area contributed by atoms with E-state index in [-0.39, 0.29) is 30.2 Å². The lowest BCUT2D eigenvalue weighted by Crippen LogP contribution is -2.42. The van der Waals surface area contributed by atoms with Crippen LogP contribution in [0, 0.1) is 5.92 Å². The Morgan fingerprint density at radius 2 is 2.10 bits per heavy atom. The van der Waals surface area contributed by atoms with Crippen molar-refractivity contribution in [3.05, 3.63) is 48.0 Å². The molecule has 0 saturated carbocycles. The number of nitrogens with zero attached hydrogens (tertiary/aromatic N) is 5. The SMILES string of the molecule is CN1CC(NCc2cnn(C)c2)CCCC(C(=O)N(C)Cc2cccnc2)CC1=O. The van der Waals surface area contributed by atoms with E-state index in [2.05, 4.69) is 15.4 Å². The molecule has 0 bridgehead atoms. The Labute approximate surface area is 178 Å². The quantitative estimate of drug-likeness (QED) is 0.779. The van der Waals surface area contributed by atoms with Crippen LogP contribution in [0.2, 0.25) is 0 Å². The van der Waals surface area contributed by atoms with Crippen molar-refractivity contribution in [1.29, 1.82) is 0 Å². The van der Waals surface area contributed by atoms with Crippen molar-refractivity contribution >= 4 is 11.8 Å². The molecule has 0 spiro atoms. The first-order valence-electron chi connectivity index (χ1n) is 10.5. The number of carbonyl (C=O) groups is 2. The van der Waals surface area contributed by atoms with E-state index in [0.717, 1.165) is 36.9 Å². The van der Waals surface area contributed by atoms with Gasteiger partial charge >= 0.3 is 0 Å². The minimum atomic E-state index is -0.279. The van der Waals surface area contributed by atoms with Crippen LogP contribution in [-0.2, 0) is 29.7 Å². The maximum absolute atomic E-state index is 13.0. The van der Waals surface area contributed by atoms with Crippen molar-refractivity contribution in [2.24, 2.45) is 13.0 Å². The maximum atomic E-state index is 13.0. The van der Waals surface area contributed by atoms with Crippen LogP contribution in [-0.4, -0.2) is 63.1 Å². The Kier molecular flexibility index (Phi) is 7.57. The summed E-state index contributed by atoms with van der Waals surface area (Å²) in [6.45, 7) is 1.87. The molecule has 1 aliphatic heterocycles. The summed E-state index contributed by atoms with van der Waals surface area (Å²) in [6, 6.07) is 4.02. The highest BCUT2D eigenvalue weighted by atomic mass is 16.2. The molecule has 1 aliphatic rings. The largest absolute Gasteiger partial charge is 0.344 e. The molecule has 3 heterocycles. The van der Waals surface area contributed by atoms with Crippen molar-refractivity contribution in [2.45, 2.75) is 44.8 Å². The number of amides is 2. The Balaban J connectivity index is 1.58. The standard InChI is InChI=1S/C22H32N6O2/c1-26-16-20(24-12-18-13-25-28(3)15-18)8-4-7-19(10-21(26)29)22(30)27(2)14-17-6-5-9-23-11-17/h5-6,9,11,13,15,19-20,24H,4,7-8,10,12,14,16H2,1-3H3. The number of hydrogen-bond acceptors (Lipinski definition) is 5. The lowest BCUT2D eigenvalue weighted by molar-refractivity contribution is -0.140. The second-order valence-electron chi connectivity index (χ2n) is 8.26. The van der Waals surface area contributed by atoms with Gasteiger partial charge in [0.05, 0.1) is 6.20 Å². The summed E-state index contributed by atoms with van der Waals surface area (Å²) in [6.07, 6.45) is 10.1. The minimum Gasteiger partial charge on any atom is -0.344 e. The summed E-state index contributed by atoms with van der Waals surface area (Å²) in [7, 11) is 5.53. The molecule has 0 aliphatic carbocycles. The van der Waals surface area contributed by atoms with Crippen LogP contribution in [0.25, 0.3) is 0 Å². The molecule has 2 aromatic rings. The highest BCUT2D eigenvalue weighted by molar-refractivity contribution is 5.85. The van der Waals surface area contributed by atoms with Gasteiger partial charge in [-0.25, -0.2) is 0 Å². The highest BCUT2D eigenvalue weighted by Gasteiger charge is 2.28. The van der Waals surface area contributed by atoms with Crippen LogP contribution in [0.4, 0.5) is 0 Å². The smallest absolute Gasteiger partial charge is 0.226 e. The topological polar surface area (TPSA) is 83.4 Å². The monoisotopic (exact) mass is 412 g/mol. The molecule has 1 saturated heterocycles. The van der Waals surface area contributed by atoms with E-state index in [0.29, 0.717) is 13.1 Å². The van der Waals surface area contributed by atoms with Crippen LogP contribution in [0.5, 0.6) is 0 Å². The third kappa shape index (κ3) is 6.13. The molecule has 30 heavy (non-hydrogen) atoms. The maximum Gasteiger partial charge on any atom is 0.226 e. The Morgan fingerprint density at radius 1 is 1.27 bits per heavy atom. The molecule has 2 atom stereocenters. The fourth-order valence-corrected chi connectivity index (χ4v) is 3.96. The minimum absolute atomic E-state index is 0.0261. The number of pyridine rings is 1. The Morgan fingerprint density at radius 3 is 2.80 bits per heavy atom. The van der Waals surface area contributed by atoms with Gasteiger partial charge in [0.15, 0.2) is 0 Å². The van der Waals surface area contributed by atoms with Gasteiger partial charge < -0.3 is 15.1 Å². The number of likely N-dealkylation sites (N-methyl/N-ethyl adjacent to an activating group) is 1. The van der Waals surface area contributed by atoms with Gasteiger partial charge in [0, 0.05) is 83.3 Å². The molecule has 0 aromatic carbocycles. The average Bonchev–Trinajstić information content (AvgIpc) is 3.17. The van der Waals surface area contributed by atoms with Gasteiger partial charge in [-0.1, -0.05) is 12.5 Å². The molecule has 2 unspecified atom stereocenters. The molecule has 8 nitrogen and oxygen atoms in total. The predicted octanol–water partition coefficient (Wildman–Crippen LogP) is 1.58. The van der Waals surface area contributed by atoms with Crippen LogP contribution in [0.3, 0.4) is 0 Å². The van der Waals surface area contributed by atoms with Gasteiger partial charge in [-0.3, -0.25) is 19.3 Å². The molecule has 1 N–H and O–H groups in total. The lowest BCUT2D eigenvalue weighted by atomic mass is 9.95. The lowest BCUT2D eigenvalue weighted by Gasteiger charge is -2.25. The van der Waals surface area contributed by atoms with Crippen LogP contribution >= 0.6 is 0 Å². The van der Waals surface area contributed by atoms with Gasteiger partial charge in [-0.05, 0) is 24.5 Å². The van der Waals surface area contributed by atoms with E-state index >= 15 is 0 Å². The summed E-state index contributed by atoms with van der Waals surface area (Å²) >= 11 is 0. The fraction of sp³-hybridized carbons (Fsp3) is 0.545. The molecule has 0 radical (unpaired) electrons. The second-order valence-corrected chi connectivity index (χ2v) is 8.26. The summed E-state index contributed by atoms with van der Waals surface area (Å²) in [4.78, 5) is 33.4. The Hall–Kier alpha value is -2.74. The number of aryl methyl sites for hydroxylation is 1. The third-order valence-electron chi connectivity index (χ3n) is 5.67. The van der Waals surface area contributed by atoms with Crippen LogP contribution in [0.15, 0.2) is 36.9 Å². The summed E-state index contributed by atoms with van der Waals surface area (Å²) < 4.78 is 1.79. The van der Waals surface area contributed by atoms with Crippen molar-refractivity contribution in [2.75, 3.05) is 20.6 Å². The van der Waals surface area contributed by atoms with Gasteiger partial charge in [-0.15, -0.1) is 0 Å². The molecule has 2 amide bonds. The normalized spacial score (nSPS) is 20.4. The number of nitrogens with one attached hydrogen (secondary N) is 1. The highest BCUT2D eigenvalue weighted by Crippen LogP contribution is 2.21. The van der Waals surface area contributed by atoms with Gasteiger partial charge in [0.25, 0.3) is 0 Å². The molecule has 8 heteroatoms. The average molecular weight is 413 g/mol. The van der Waals surface area contributed by atoms with Gasteiger partial charge in [0.2, 0.25) is 11.8 Å². The Bertz CT molecular complexity index is 837. The van der Waals surface area contributed by atoms with E-state index < -0.39 is 0 Å². The second kappa shape index (κ2) is 10.3. The zero-order valence-electron chi connectivity index (χ0n) is 18.1. The van der Waals surface area contributed by atoms with E-state index in [1.807, 2.05) is 38.6 Å². The van der Waals surface area contributed by atoms with Crippen LogP contribution in [0.1, 0.15) is 36.8 Å². The van der Waals surface area contributed by atoms with E-state index in [9.17, 15) is 9.59 Å². The number of hydrogen-bond donors (Lipinski definition) is 1. The molecule has 2 aromatic heterocycles. The third-order valence-corrected chi connectivity index (χ3v) is 5.67. The van der Waals surface area contributed by atoms with E-state index in [4.69, 9.17) is 0 Å². The van der Waals surface area contributed by atoms with Crippen molar-refractivity contribution < 1.29 is 9.59 Å². The summed E-state index contributed by atoms with van der Waals surface area (Å²) in [5.74, 6) is -0.223. The number of aromatic nitrogens is 3. The van der Waals surface area contributed by atoms with Gasteiger partial charge in [-0.2, -0.15) is 5.10 Å². The predicted molar refractivity (Wildman–Crippen MR) is 114 cm³/mol. The number of carbonyl (C=O) groups excluding carboxylic acids is 2. The number of rotatable bonds is 6. The van der Waals surface area contributed by atoms with Crippen molar-refractivity contribution in [3.8, 4) is 0 Å². The fourth-order valence-electron chi connectivity index (χ4n) is 3.96. The zero-order valence-corrected chi connectivity index (χ0v) is 18.1. The molecule has 1 fully saturated rings. The molecular formula is C22H32N6O2. The molecular weight excluding hydrogens is 380 g/mol. The van der Waals surface area contributed by atoms with Crippen molar-refractivity contribution in [1.82, 2.24) is 29.9 Å². The summed E-state index contributed by atoms with van der Waals surface area (Å²) in [5.41, 5.74) is 2.11. The molecule has 3 rings (SSSR count). The van der Waals surface area contributed by atoms with Gasteiger partial charge in [0.1, 0.15) is 0 Å². The van der Waals surface area contributed by atoms with E-state index in [1.54, 1.807) is 33.9 Å². The van der Waals surface area contributed by atoms with Crippen LogP contribution < -0.4 is 5.32 Å². The first-order chi connectivity index (χ1) is 14.4. The molecule has 162 valence electrons. The first-order valence-corrected chi connectivity index (χ1v) is 10.5.